The van der Waals surface area contributed by atoms with Crippen molar-refractivity contribution in [3.8, 4) is 5.75 Å². The second-order valence-electron chi connectivity index (χ2n) is 6.40. The third-order valence-electron chi connectivity index (χ3n) is 4.73. The first-order valence-electron chi connectivity index (χ1n) is 8.45. The summed E-state index contributed by atoms with van der Waals surface area (Å²) in [7, 11) is 0. The molecule has 2 aliphatic rings. The van der Waals surface area contributed by atoms with Crippen molar-refractivity contribution in [3.63, 3.8) is 0 Å². The Hall–Kier alpha value is -2.04. The predicted molar refractivity (Wildman–Crippen MR) is 85.6 cm³/mol. The van der Waals surface area contributed by atoms with Crippen LogP contribution in [-0.4, -0.2) is 40.6 Å². The summed E-state index contributed by atoms with van der Waals surface area (Å²) in [6.45, 7) is 0.503. The predicted octanol–water partition coefficient (Wildman–Crippen LogP) is 3.09. The summed E-state index contributed by atoms with van der Waals surface area (Å²) in [6.07, 6.45) is 6.98. The lowest BCUT2D eigenvalue weighted by molar-refractivity contribution is -0.143. The Kier molecular flexibility index (Phi) is 4.84. The van der Waals surface area contributed by atoms with Gasteiger partial charge in [-0.25, -0.2) is 4.79 Å². The first-order chi connectivity index (χ1) is 11.1. The number of carboxylic acid groups (broad SMARTS) is 1. The normalized spacial score (nSPS) is 22.1. The first kappa shape index (κ1) is 15.8. The van der Waals surface area contributed by atoms with Gasteiger partial charge >= 0.3 is 5.97 Å². The lowest BCUT2D eigenvalue weighted by Crippen LogP contribution is -2.47. The number of rotatable bonds is 4. The molecule has 5 heteroatoms. The van der Waals surface area contributed by atoms with Crippen molar-refractivity contribution in [1.82, 2.24) is 4.90 Å². The first-order valence-corrected chi connectivity index (χ1v) is 8.45. The van der Waals surface area contributed by atoms with Gasteiger partial charge in [-0.2, -0.15) is 0 Å². The monoisotopic (exact) mass is 317 g/mol. The summed E-state index contributed by atoms with van der Waals surface area (Å²) in [6, 6.07) is 6.43. The van der Waals surface area contributed by atoms with Crippen LogP contribution in [0.4, 0.5) is 0 Å². The lowest BCUT2D eigenvalue weighted by atomic mass is 10.0. The fraction of sp³-hybridized carbons (Fsp3) is 0.556. The maximum atomic E-state index is 12.7. The Labute approximate surface area is 136 Å². The summed E-state index contributed by atoms with van der Waals surface area (Å²) >= 11 is 0. The molecule has 0 bridgehead atoms. The van der Waals surface area contributed by atoms with Crippen molar-refractivity contribution in [2.75, 3.05) is 6.54 Å². The fourth-order valence-electron chi connectivity index (χ4n) is 3.50. The highest BCUT2D eigenvalue weighted by molar-refractivity contribution is 5.97. The average Bonchev–Trinajstić information content (AvgIpc) is 3.07. The van der Waals surface area contributed by atoms with Crippen molar-refractivity contribution in [1.29, 1.82) is 0 Å². The Bertz CT molecular complexity index is 580. The molecule has 5 nitrogen and oxygen atoms in total. The number of hydrogen-bond donors (Lipinski definition) is 1. The highest BCUT2D eigenvalue weighted by Gasteiger charge is 2.32. The third-order valence-corrected chi connectivity index (χ3v) is 4.73. The Morgan fingerprint density at radius 2 is 1.83 bits per heavy atom. The number of ether oxygens (including phenoxy) is 1. The maximum Gasteiger partial charge on any atom is 0.326 e. The molecule has 1 aliphatic heterocycles. The van der Waals surface area contributed by atoms with E-state index in [1.807, 2.05) is 6.07 Å². The third kappa shape index (κ3) is 3.66. The maximum absolute atomic E-state index is 12.7. The Morgan fingerprint density at radius 3 is 2.57 bits per heavy atom. The smallest absolute Gasteiger partial charge is 0.326 e. The van der Waals surface area contributed by atoms with Crippen LogP contribution in [0.3, 0.4) is 0 Å². The molecule has 0 radical (unpaired) electrons. The van der Waals surface area contributed by atoms with E-state index in [0.29, 0.717) is 24.3 Å². The lowest BCUT2D eigenvalue weighted by Gasteiger charge is -2.33. The summed E-state index contributed by atoms with van der Waals surface area (Å²) in [5.74, 6) is -0.433. The van der Waals surface area contributed by atoms with Crippen LogP contribution in [0.5, 0.6) is 5.75 Å². The number of aliphatic carboxylic acids is 1. The molecule has 0 spiro atoms. The van der Waals surface area contributed by atoms with E-state index in [4.69, 9.17) is 4.74 Å². The molecule has 124 valence electrons. The number of amides is 1. The van der Waals surface area contributed by atoms with Crippen LogP contribution in [0.1, 0.15) is 55.3 Å². The van der Waals surface area contributed by atoms with Gasteiger partial charge in [0.2, 0.25) is 0 Å². The van der Waals surface area contributed by atoms with Crippen LogP contribution in [0, 0.1) is 0 Å². The number of likely N-dealkylation sites (tertiary alicyclic amines) is 1. The van der Waals surface area contributed by atoms with Crippen LogP contribution in [0.25, 0.3) is 0 Å². The minimum atomic E-state index is -0.920. The minimum absolute atomic E-state index is 0.214. The van der Waals surface area contributed by atoms with Crippen molar-refractivity contribution >= 4 is 11.9 Å². The van der Waals surface area contributed by atoms with E-state index >= 15 is 0 Å². The van der Waals surface area contributed by atoms with E-state index in [1.54, 1.807) is 18.2 Å². The molecule has 1 aromatic rings. The van der Waals surface area contributed by atoms with Gasteiger partial charge in [-0.05, 0) is 63.1 Å². The number of hydrogen-bond acceptors (Lipinski definition) is 3. The second kappa shape index (κ2) is 7.02. The molecule has 1 saturated carbocycles. The number of carbonyl (C=O) groups is 2. The van der Waals surface area contributed by atoms with E-state index in [1.165, 1.54) is 17.7 Å². The molecule has 0 aromatic heterocycles. The molecule has 1 unspecified atom stereocenters. The largest absolute Gasteiger partial charge is 0.490 e. The molecule has 1 aromatic carbocycles. The highest BCUT2D eigenvalue weighted by atomic mass is 16.5. The van der Waals surface area contributed by atoms with E-state index in [2.05, 4.69) is 0 Å². The Morgan fingerprint density at radius 1 is 1.09 bits per heavy atom. The molecule has 1 saturated heterocycles. The van der Waals surface area contributed by atoms with Crippen LogP contribution in [-0.2, 0) is 4.79 Å². The Balaban J connectivity index is 1.74. The molecule has 1 heterocycles. The second-order valence-corrected chi connectivity index (χ2v) is 6.40. The van der Waals surface area contributed by atoms with Gasteiger partial charge in [0.15, 0.2) is 0 Å². The van der Waals surface area contributed by atoms with Gasteiger partial charge in [0.25, 0.3) is 5.91 Å². The van der Waals surface area contributed by atoms with Gasteiger partial charge in [0.1, 0.15) is 11.8 Å². The van der Waals surface area contributed by atoms with Crippen molar-refractivity contribution in [2.24, 2.45) is 0 Å². The average molecular weight is 317 g/mol. The van der Waals surface area contributed by atoms with Crippen molar-refractivity contribution in [2.45, 2.75) is 57.1 Å². The van der Waals surface area contributed by atoms with Gasteiger partial charge in [0.05, 0.1) is 6.10 Å². The van der Waals surface area contributed by atoms with E-state index < -0.39 is 12.0 Å². The summed E-state index contributed by atoms with van der Waals surface area (Å²) in [4.78, 5) is 25.6. The molecule has 3 rings (SSSR count). The number of carbonyl (C=O) groups excluding carboxylic acids is 1. The number of piperidine rings is 1. The number of nitrogens with zero attached hydrogens (tertiary/aromatic N) is 1. The molecule has 2 fully saturated rings. The SMILES string of the molecule is O=C(O)C1CCCCN1C(=O)c1cccc(OC2CCCC2)c1. The van der Waals surface area contributed by atoms with Crippen LogP contribution < -0.4 is 4.74 Å². The fourth-order valence-corrected chi connectivity index (χ4v) is 3.50. The zero-order valence-electron chi connectivity index (χ0n) is 13.2. The van der Waals surface area contributed by atoms with Crippen LogP contribution in [0.2, 0.25) is 0 Å². The summed E-state index contributed by atoms with van der Waals surface area (Å²) in [5.41, 5.74) is 0.508. The topological polar surface area (TPSA) is 66.8 Å². The van der Waals surface area contributed by atoms with Gasteiger partial charge in [0, 0.05) is 12.1 Å². The molecule has 1 aliphatic carbocycles. The zero-order valence-corrected chi connectivity index (χ0v) is 13.2. The quantitative estimate of drug-likeness (QED) is 0.926. The van der Waals surface area contributed by atoms with Crippen molar-refractivity contribution in [3.05, 3.63) is 29.8 Å². The van der Waals surface area contributed by atoms with Gasteiger partial charge in [-0.15, -0.1) is 0 Å². The summed E-state index contributed by atoms with van der Waals surface area (Å²) < 4.78 is 5.94. The van der Waals surface area contributed by atoms with Crippen LogP contribution in [0.15, 0.2) is 24.3 Å². The number of benzene rings is 1. The van der Waals surface area contributed by atoms with Crippen molar-refractivity contribution < 1.29 is 19.4 Å². The zero-order chi connectivity index (χ0) is 16.2. The molecule has 1 N–H and O–H groups in total. The van der Waals surface area contributed by atoms with E-state index in [0.717, 1.165) is 25.7 Å². The van der Waals surface area contributed by atoms with Gasteiger partial charge in [-0.1, -0.05) is 6.07 Å². The molecule has 1 atom stereocenters. The standard InChI is InChI=1S/C18H23NO4/c20-17(19-11-4-3-10-16(19)18(21)22)13-6-5-9-15(12-13)23-14-7-1-2-8-14/h5-6,9,12,14,16H,1-4,7-8,10-11H2,(H,21,22). The molecule has 1 amide bonds. The summed E-state index contributed by atoms with van der Waals surface area (Å²) in [5, 5.41) is 9.33. The minimum Gasteiger partial charge on any atom is -0.490 e. The van der Waals surface area contributed by atoms with Gasteiger partial charge < -0.3 is 14.7 Å². The number of carboxylic acids is 1. The molecular weight excluding hydrogens is 294 g/mol. The van der Waals surface area contributed by atoms with Gasteiger partial charge in [-0.3, -0.25) is 4.79 Å². The molecular formula is C18H23NO4. The highest BCUT2D eigenvalue weighted by Crippen LogP contribution is 2.26. The van der Waals surface area contributed by atoms with Crippen LogP contribution >= 0.6 is 0 Å². The van der Waals surface area contributed by atoms with E-state index in [-0.39, 0.29) is 12.0 Å². The van der Waals surface area contributed by atoms with E-state index in [9.17, 15) is 14.7 Å². The molecule has 23 heavy (non-hydrogen) atoms.